The van der Waals surface area contributed by atoms with Crippen LogP contribution in [-0.2, 0) is 11.3 Å². The van der Waals surface area contributed by atoms with Gasteiger partial charge in [-0.15, -0.1) is 24.0 Å². The minimum absolute atomic E-state index is 0. The quantitative estimate of drug-likeness (QED) is 0.363. The monoisotopic (exact) mass is 464 g/mol. The summed E-state index contributed by atoms with van der Waals surface area (Å²) in [6, 6.07) is 4.41. The second-order valence-corrected chi connectivity index (χ2v) is 6.28. The molecule has 25 heavy (non-hydrogen) atoms. The summed E-state index contributed by atoms with van der Waals surface area (Å²) in [5.74, 6) is -0.224. The molecule has 140 valence electrons. The van der Waals surface area contributed by atoms with Crippen molar-refractivity contribution in [1.29, 1.82) is 0 Å². The average molecular weight is 464 g/mol. The van der Waals surface area contributed by atoms with Crippen molar-refractivity contribution >= 4 is 35.8 Å². The van der Waals surface area contributed by atoms with Crippen molar-refractivity contribution in [3.63, 3.8) is 0 Å². The highest BCUT2D eigenvalue weighted by Gasteiger charge is 2.27. The van der Waals surface area contributed by atoms with E-state index < -0.39 is 5.82 Å². The molecule has 1 aromatic carbocycles. The minimum atomic E-state index is -0.643. The van der Waals surface area contributed by atoms with E-state index in [4.69, 9.17) is 0 Å². The molecule has 3 N–H and O–H groups in total. The van der Waals surface area contributed by atoms with E-state index in [1.54, 1.807) is 13.1 Å². The summed E-state index contributed by atoms with van der Waals surface area (Å²) in [4.78, 5) is 18.0. The van der Waals surface area contributed by atoms with Gasteiger partial charge in [0.1, 0.15) is 0 Å². The van der Waals surface area contributed by atoms with Crippen LogP contribution in [-0.4, -0.2) is 48.1 Å². The number of carbonyl (C=O) groups excluding carboxylic acids is 1. The topological polar surface area (TPSA) is 77.0 Å². The Morgan fingerprint density at radius 1 is 1.48 bits per heavy atom. The number of likely N-dealkylation sites (tertiary alicyclic amines) is 1. The number of benzene rings is 1. The van der Waals surface area contributed by atoms with Crippen LogP contribution in [0.3, 0.4) is 0 Å². The third-order valence-electron chi connectivity index (χ3n) is 4.03. The molecule has 1 atom stereocenters. The zero-order chi connectivity index (χ0) is 17.7. The number of nitrogens with one attached hydrogen (secondary N) is 2. The van der Waals surface area contributed by atoms with E-state index in [9.17, 15) is 14.3 Å². The van der Waals surface area contributed by atoms with Crippen LogP contribution >= 0.6 is 24.0 Å². The Morgan fingerprint density at radius 2 is 2.20 bits per heavy atom. The van der Waals surface area contributed by atoms with Gasteiger partial charge in [-0.2, -0.15) is 0 Å². The van der Waals surface area contributed by atoms with Crippen molar-refractivity contribution in [2.24, 2.45) is 10.9 Å². The fourth-order valence-electron chi connectivity index (χ4n) is 2.68. The van der Waals surface area contributed by atoms with Gasteiger partial charge in [0.05, 0.1) is 0 Å². The zero-order valence-electron chi connectivity index (χ0n) is 14.8. The van der Waals surface area contributed by atoms with Crippen molar-refractivity contribution in [3.8, 4) is 5.75 Å². The lowest BCUT2D eigenvalue weighted by atomic mass is 10.2. The molecule has 0 bridgehead atoms. The van der Waals surface area contributed by atoms with E-state index in [1.807, 2.05) is 18.7 Å². The second-order valence-electron chi connectivity index (χ2n) is 6.28. The zero-order valence-corrected chi connectivity index (χ0v) is 17.1. The predicted octanol–water partition coefficient (Wildman–Crippen LogP) is 2.07. The predicted molar refractivity (Wildman–Crippen MR) is 107 cm³/mol. The van der Waals surface area contributed by atoms with E-state index >= 15 is 0 Å². The first kappa shape index (κ1) is 21.5. The van der Waals surface area contributed by atoms with Crippen molar-refractivity contribution in [2.75, 3.05) is 20.1 Å². The van der Waals surface area contributed by atoms with Gasteiger partial charge in [-0.25, -0.2) is 4.39 Å². The Balaban J connectivity index is 0.00000312. The first-order valence-electron chi connectivity index (χ1n) is 8.14. The summed E-state index contributed by atoms with van der Waals surface area (Å²) in [6.07, 6.45) is 0.868. The number of phenolic OH excluding ortho intramolecular Hbond substituents is 1. The van der Waals surface area contributed by atoms with Gasteiger partial charge < -0.3 is 20.6 Å². The van der Waals surface area contributed by atoms with Crippen LogP contribution in [0.25, 0.3) is 0 Å². The van der Waals surface area contributed by atoms with Gasteiger partial charge >= 0.3 is 0 Å². The van der Waals surface area contributed by atoms with E-state index in [2.05, 4.69) is 15.6 Å². The largest absolute Gasteiger partial charge is 0.505 e. The van der Waals surface area contributed by atoms with Crippen molar-refractivity contribution in [1.82, 2.24) is 15.5 Å². The first-order valence-corrected chi connectivity index (χ1v) is 8.14. The summed E-state index contributed by atoms with van der Waals surface area (Å²) in [5, 5.41) is 15.6. The maximum Gasteiger partial charge on any atom is 0.225 e. The molecule has 1 saturated heterocycles. The second kappa shape index (κ2) is 9.79. The van der Waals surface area contributed by atoms with Crippen LogP contribution in [0.15, 0.2) is 23.2 Å². The van der Waals surface area contributed by atoms with Crippen molar-refractivity contribution < 1.29 is 14.3 Å². The number of rotatable bonds is 4. The smallest absolute Gasteiger partial charge is 0.225 e. The number of halogens is 2. The Bertz CT molecular complexity index is 625. The van der Waals surface area contributed by atoms with E-state index in [0.717, 1.165) is 13.0 Å². The molecule has 0 aliphatic carbocycles. The number of hydrogen-bond acceptors (Lipinski definition) is 3. The molecule has 1 fully saturated rings. The highest BCUT2D eigenvalue weighted by atomic mass is 127. The molecule has 1 aliphatic heterocycles. The summed E-state index contributed by atoms with van der Waals surface area (Å²) in [7, 11) is 1.67. The maximum absolute atomic E-state index is 13.3. The summed E-state index contributed by atoms with van der Waals surface area (Å²) in [6.45, 7) is 5.60. The van der Waals surface area contributed by atoms with Crippen molar-refractivity contribution in [3.05, 3.63) is 29.6 Å². The standard InChI is InChI=1S/C17H25FN4O2.HI/c1-11(2)16(24)22-7-6-13(10-22)21-17(19-3)20-9-12-4-5-15(23)14(18)8-12;/h4-5,8,11,13,23H,6-7,9-10H2,1-3H3,(H2,19,20,21);1H. The van der Waals surface area contributed by atoms with Gasteiger partial charge in [0, 0.05) is 38.6 Å². The molecule has 0 radical (unpaired) electrons. The average Bonchev–Trinajstić information content (AvgIpc) is 3.02. The third-order valence-corrected chi connectivity index (χ3v) is 4.03. The molecule has 1 aliphatic rings. The Kier molecular flexibility index (Phi) is 8.40. The lowest BCUT2D eigenvalue weighted by molar-refractivity contribution is -0.133. The van der Waals surface area contributed by atoms with Crippen molar-refractivity contribution in [2.45, 2.75) is 32.9 Å². The number of nitrogens with zero attached hydrogens (tertiary/aromatic N) is 2. The molecule has 1 amide bonds. The molecule has 0 aromatic heterocycles. The lowest BCUT2D eigenvalue weighted by Crippen LogP contribution is -2.45. The SMILES string of the molecule is CN=C(NCc1ccc(O)c(F)c1)NC1CCN(C(=O)C(C)C)C1.I. The van der Waals surface area contributed by atoms with Gasteiger partial charge in [0.15, 0.2) is 17.5 Å². The number of aliphatic imine (C=N–C) groups is 1. The van der Waals surface area contributed by atoms with E-state index in [0.29, 0.717) is 24.6 Å². The molecule has 1 unspecified atom stereocenters. The molecule has 6 nitrogen and oxygen atoms in total. The van der Waals surface area contributed by atoms with Gasteiger partial charge in [0.2, 0.25) is 5.91 Å². The summed E-state index contributed by atoms with van der Waals surface area (Å²) >= 11 is 0. The van der Waals surface area contributed by atoms with Gasteiger partial charge in [-0.3, -0.25) is 9.79 Å². The molecule has 0 saturated carbocycles. The van der Waals surface area contributed by atoms with E-state index in [-0.39, 0.29) is 47.6 Å². The molecule has 8 heteroatoms. The maximum atomic E-state index is 13.3. The molecule has 1 aromatic rings. The Labute approximate surface area is 164 Å². The normalized spacial score (nSPS) is 17.4. The van der Waals surface area contributed by atoms with Crippen LogP contribution in [0.4, 0.5) is 4.39 Å². The highest BCUT2D eigenvalue weighted by Crippen LogP contribution is 2.16. The van der Waals surface area contributed by atoms with Crippen LogP contribution < -0.4 is 10.6 Å². The Hall–Kier alpha value is -1.58. The number of hydrogen-bond donors (Lipinski definition) is 3. The first-order chi connectivity index (χ1) is 11.4. The number of aromatic hydroxyl groups is 1. The fraction of sp³-hybridized carbons (Fsp3) is 0.529. The number of carbonyl (C=O) groups is 1. The van der Waals surface area contributed by atoms with E-state index in [1.165, 1.54) is 12.1 Å². The fourth-order valence-corrected chi connectivity index (χ4v) is 2.68. The lowest BCUT2D eigenvalue weighted by Gasteiger charge is -2.20. The molecule has 0 spiro atoms. The number of phenols is 1. The van der Waals surface area contributed by atoms with Crippen LogP contribution in [0.2, 0.25) is 0 Å². The van der Waals surface area contributed by atoms with Crippen LogP contribution in [0.5, 0.6) is 5.75 Å². The minimum Gasteiger partial charge on any atom is -0.505 e. The highest BCUT2D eigenvalue weighted by molar-refractivity contribution is 14.0. The number of guanidine groups is 1. The van der Waals surface area contributed by atoms with Gasteiger partial charge in [-0.1, -0.05) is 19.9 Å². The summed E-state index contributed by atoms with van der Waals surface area (Å²) in [5.41, 5.74) is 0.705. The molecular weight excluding hydrogens is 438 g/mol. The van der Waals surface area contributed by atoms with Crippen LogP contribution in [0, 0.1) is 11.7 Å². The summed E-state index contributed by atoms with van der Waals surface area (Å²) < 4.78 is 13.3. The molecule has 2 rings (SSSR count). The third kappa shape index (κ3) is 6.02. The van der Waals surface area contributed by atoms with Gasteiger partial charge in [0.25, 0.3) is 0 Å². The number of amides is 1. The molecule has 1 heterocycles. The molecular formula is C17H26FIN4O2. The van der Waals surface area contributed by atoms with Crippen LogP contribution in [0.1, 0.15) is 25.8 Å². The van der Waals surface area contributed by atoms with Gasteiger partial charge in [-0.05, 0) is 24.1 Å². The Morgan fingerprint density at radius 3 is 2.80 bits per heavy atom.